The van der Waals surface area contributed by atoms with Gasteiger partial charge in [0.05, 0.1) is 18.2 Å². The number of nitrogens with zero attached hydrogens (tertiary/aromatic N) is 1. The number of hydrogen-bond donors (Lipinski definition) is 1. The lowest BCUT2D eigenvalue weighted by atomic mass is 10.1. The number of anilines is 1. The van der Waals surface area contributed by atoms with Crippen molar-refractivity contribution in [3.63, 3.8) is 0 Å². The molecule has 3 rings (SSSR count). The third kappa shape index (κ3) is 3.10. The summed E-state index contributed by atoms with van der Waals surface area (Å²) in [5.41, 5.74) is 8.00. The van der Waals surface area contributed by atoms with Gasteiger partial charge in [-0.15, -0.1) is 0 Å². The van der Waals surface area contributed by atoms with Gasteiger partial charge >= 0.3 is 0 Å². The molecule has 1 aliphatic carbocycles. The molecule has 2 N–H and O–H groups in total. The van der Waals surface area contributed by atoms with E-state index in [0.29, 0.717) is 18.5 Å². The average molecular weight is 270 g/mol. The maximum atomic E-state index is 6.06. The number of aromatic nitrogens is 1. The van der Waals surface area contributed by atoms with E-state index in [1.54, 1.807) is 0 Å². The fourth-order valence-corrected chi connectivity index (χ4v) is 2.91. The van der Waals surface area contributed by atoms with E-state index in [2.05, 4.69) is 17.1 Å². The number of nitrogens with two attached hydrogens (primary N) is 1. The molecule has 2 aromatic rings. The minimum atomic E-state index is 0.392. The third-order valence-electron chi connectivity index (χ3n) is 4.11. The van der Waals surface area contributed by atoms with Crippen LogP contribution < -0.4 is 5.73 Å². The predicted octanol–water partition coefficient (Wildman–Crippen LogP) is 4.06. The Morgan fingerprint density at radius 2 is 1.85 bits per heavy atom. The highest BCUT2D eigenvalue weighted by Gasteiger charge is 2.13. The van der Waals surface area contributed by atoms with Gasteiger partial charge in [-0.25, -0.2) is 4.98 Å². The van der Waals surface area contributed by atoms with Crippen molar-refractivity contribution in [1.29, 1.82) is 0 Å². The maximum absolute atomic E-state index is 6.06. The molecule has 0 radical (unpaired) electrons. The molecule has 0 saturated heterocycles. The average Bonchev–Trinajstić information content (AvgIpc) is 2.74. The quantitative estimate of drug-likeness (QED) is 0.856. The van der Waals surface area contributed by atoms with Crippen molar-refractivity contribution in [2.24, 2.45) is 0 Å². The molecule has 0 unspecified atom stereocenters. The van der Waals surface area contributed by atoms with Crippen LogP contribution in [0.15, 0.2) is 30.3 Å². The van der Waals surface area contributed by atoms with Gasteiger partial charge in [0.2, 0.25) is 0 Å². The Balaban J connectivity index is 1.71. The summed E-state index contributed by atoms with van der Waals surface area (Å²) in [4.78, 5) is 4.46. The first-order valence-corrected chi connectivity index (χ1v) is 7.59. The highest BCUT2D eigenvalue weighted by atomic mass is 16.5. The number of nitrogen functional groups attached to an aromatic ring is 1. The molecule has 3 heteroatoms. The van der Waals surface area contributed by atoms with E-state index in [-0.39, 0.29) is 0 Å². The van der Waals surface area contributed by atoms with Crippen LogP contribution in [0.4, 0.5) is 5.82 Å². The highest BCUT2D eigenvalue weighted by molar-refractivity contribution is 5.81. The predicted molar refractivity (Wildman–Crippen MR) is 82.4 cm³/mol. The van der Waals surface area contributed by atoms with Crippen LogP contribution >= 0.6 is 0 Å². The van der Waals surface area contributed by atoms with Crippen LogP contribution in [-0.2, 0) is 11.3 Å². The summed E-state index contributed by atoms with van der Waals surface area (Å²) in [6, 6.07) is 10.2. The van der Waals surface area contributed by atoms with E-state index < -0.39 is 0 Å². The third-order valence-corrected chi connectivity index (χ3v) is 4.11. The summed E-state index contributed by atoms with van der Waals surface area (Å²) in [5, 5.41) is 1.13. The van der Waals surface area contributed by atoms with Crippen molar-refractivity contribution in [1.82, 2.24) is 4.98 Å². The Morgan fingerprint density at radius 3 is 2.65 bits per heavy atom. The molecular formula is C17H22N2O. The van der Waals surface area contributed by atoms with Gasteiger partial charge in [-0.3, -0.25) is 0 Å². The van der Waals surface area contributed by atoms with E-state index in [4.69, 9.17) is 10.5 Å². The first-order chi connectivity index (χ1) is 9.83. The number of benzene rings is 1. The van der Waals surface area contributed by atoms with Crippen molar-refractivity contribution in [2.75, 3.05) is 5.73 Å². The Bertz CT molecular complexity index is 574. The summed E-state index contributed by atoms with van der Waals surface area (Å²) in [6.07, 6.45) is 8.02. The van der Waals surface area contributed by atoms with Crippen molar-refractivity contribution in [2.45, 2.75) is 51.2 Å². The zero-order valence-electron chi connectivity index (χ0n) is 11.8. The second kappa shape index (κ2) is 6.23. The van der Waals surface area contributed by atoms with Crippen LogP contribution in [0.25, 0.3) is 10.9 Å². The van der Waals surface area contributed by atoms with E-state index >= 15 is 0 Å². The van der Waals surface area contributed by atoms with E-state index in [0.717, 1.165) is 16.5 Å². The summed E-state index contributed by atoms with van der Waals surface area (Å²) in [6.45, 7) is 0.578. The molecule has 0 atom stereocenters. The van der Waals surface area contributed by atoms with Crippen LogP contribution in [0.3, 0.4) is 0 Å². The second-order valence-electron chi connectivity index (χ2n) is 5.65. The van der Waals surface area contributed by atoms with Gasteiger partial charge in [0.25, 0.3) is 0 Å². The number of para-hydroxylation sites is 1. The molecule has 20 heavy (non-hydrogen) atoms. The fraction of sp³-hybridized carbons (Fsp3) is 0.471. The first-order valence-electron chi connectivity index (χ1n) is 7.59. The highest BCUT2D eigenvalue weighted by Crippen LogP contribution is 2.23. The first kappa shape index (κ1) is 13.4. The number of rotatable bonds is 3. The maximum Gasteiger partial charge on any atom is 0.129 e. The minimum absolute atomic E-state index is 0.392. The second-order valence-corrected chi connectivity index (χ2v) is 5.65. The fourth-order valence-electron chi connectivity index (χ4n) is 2.91. The SMILES string of the molecule is Nc1nc2ccccc2cc1COC1CCCCCC1. The Kier molecular flexibility index (Phi) is 4.16. The normalized spacial score (nSPS) is 17.2. The van der Waals surface area contributed by atoms with Crippen LogP contribution in [-0.4, -0.2) is 11.1 Å². The molecule has 1 aromatic carbocycles. The Hall–Kier alpha value is -1.61. The zero-order chi connectivity index (χ0) is 13.8. The molecular weight excluding hydrogens is 248 g/mol. The van der Waals surface area contributed by atoms with Gasteiger partial charge < -0.3 is 10.5 Å². The molecule has 1 aliphatic rings. The van der Waals surface area contributed by atoms with Gasteiger partial charge in [-0.1, -0.05) is 43.9 Å². The largest absolute Gasteiger partial charge is 0.383 e. The summed E-state index contributed by atoms with van der Waals surface area (Å²) >= 11 is 0. The van der Waals surface area contributed by atoms with Crippen LogP contribution in [0.2, 0.25) is 0 Å². The lowest BCUT2D eigenvalue weighted by Gasteiger charge is -2.16. The van der Waals surface area contributed by atoms with Gasteiger partial charge in [-0.2, -0.15) is 0 Å². The molecule has 1 fully saturated rings. The lowest BCUT2D eigenvalue weighted by molar-refractivity contribution is 0.0312. The van der Waals surface area contributed by atoms with E-state index in [1.807, 2.05) is 18.2 Å². The molecule has 1 aromatic heterocycles. The van der Waals surface area contributed by atoms with Gasteiger partial charge in [0, 0.05) is 10.9 Å². The zero-order valence-corrected chi connectivity index (χ0v) is 11.8. The molecule has 0 aliphatic heterocycles. The monoisotopic (exact) mass is 270 g/mol. The molecule has 0 amide bonds. The van der Waals surface area contributed by atoms with E-state index in [9.17, 15) is 0 Å². The summed E-state index contributed by atoms with van der Waals surface area (Å²) < 4.78 is 6.06. The van der Waals surface area contributed by atoms with Crippen molar-refractivity contribution in [3.05, 3.63) is 35.9 Å². The Morgan fingerprint density at radius 1 is 1.10 bits per heavy atom. The Labute approximate surface area is 120 Å². The molecule has 106 valence electrons. The van der Waals surface area contributed by atoms with Gasteiger partial charge in [0.1, 0.15) is 5.82 Å². The standard InChI is InChI=1S/C17H22N2O/c18-17-14(11-13-7-5-6-10-16(13)19-17)12-20-15-8-3-1-2-4-9-15/h5-7,10-11,15H,1-4,8-9,12H2,(H2,18,19). The number of fused-ring (bicyclic) bond motifs is 1. The van der Waals surface area contributed by atoms with Crippen molar-refractivity contribution in [3.8, 4) is 0 Å². The number of pyridine rings is 1. The smallest absolute Gasteiger partial charge is 0.129 e. The molecule has 0 spiro atoms. The molecule has 0 bridgehead atoms. The topological polar surface area (TPSA) is 48.1 Å². The number of ether oxygens (including phenoxy) is 1. The van der Waals surface area contributed by atoms with Crippen LogP contribution in [0.5, 0.6) is 0 Å². The van der Waals surface area contributed by atoms with Crippen LogP contribution in [0, 0.1) is 0 Å². The molecule has 1 saturated carbocycles. The summed E-state index contributed by atoms with van der Waals surface area (Å²) in [5.74, 6) is 0.595. The van der Waals surface area contributed by atoms with Gasteiger partial charge in [0.15, 0.2) is 0 Å². The molecule has 1 heterocycles. The van der Waals surface area contributed by atoms with Crippen molar-refractivity contribution < 1.29 is 4.74 Å². The summed E-state index contributed by atoms with van der Waals surface area (Å²) in [7, 11) is 0. The lowest BCUT2D eigenvalue weighted by Crippen LogP contribution is -2.12. The van der Waals surface area contributed by atoms with Gasteiger partial charge in [-0.05, 0) is 25.0 Å². The van der Waals surface area contributed by atoms with Crippen LogP contribution in [0.1, 0.15) is 44.1 Å². The number of hydrogen-bond acceptors (Lipinski definition) is 3. The van der Waals surface area contributed by atoms with Crippen molar-refractivity contribution >= 4 is 16.7 Å². The molecule has 3 nitrogen and oxygen atoms in total. The van der Waals surface area contributed by atoms with E-state index in [1.165, 1.54) is 38.5 Å². The minimum Gasteiger partial charge on any atom is -0.383 e.